The number of aryl methyl sites for hydroxylation is 2. The Morgan fingerprint density at radius 2 is 1.97 bits per heavy atom. The van der Waals surface area contributed by atoms with Crippen LogP contribution in [0.4, 0.5) is 0 Å². The number of hydrogen-bond acceptors (Lipinski definition) is 6. The van der Waals surface area contributed by atoms with Crippen molar-refractivity contribution >= 4 is 28.5 Å². The number of aromatic nitrogens is 3. The molecule has 0 atom stereocenters. The van der Waals surface area contributed by atoms with Gasteiger partial charge in [-0.25, -0.2) is 0 Å². The fraction of sp³-hybridized carbons (Fsp3) is 0.370. The number of ether oxygens (including phenoxy) is 2. The van der Waals surface area contributed by atoms with Crippen molar-refractivity contribution in [2.24, 2.45) is 7.05 Å². The van der Waals surface area contributed by atoms with Crippen molar-refractivity contribution in [2.45, 2.75) is 59.2 Å². The van der Waals surface area contributed by atoms with E-state index in [1.807, 2.05) is 76.7 Å². The molecule has 0 fully saturated rings. The Morgan fingerprint density at radius 1 is 1.20 bits per heavy atom. The molecule has 4 rings (SSSR count). The maximum absolute atomic E-state index is 12.2. The van der Waals surface area contributed by atoms with Gasteiger partial charge in [-0.05, 0) is 70.9 Å². The lowest BCUT2D eigenvalue weighted by Gasteiger charge is -2.19. The quantitative estimate of drug-likeness (QED) is 0.268. The van der Waals surface area contributed by atoms with Gasteiger partial charge in [-0.3, -0.25) is 4.79 Å². The summed E-state index contributed by atoms with van der Waals surface area (Å²) in [5, 5.41) is 5.75. The molecule has 2 aromatic heterocycles. The van der Waals surface area contributed by atoms with E-state index in [0.29, 0.717) is 40.9 Å². The summed E-state index contributed by atoms with van der Waals surface area (Å²) < 4.78 is 18.8. The molecule has 0 N–H and O–H groups in total. The summed E-state index contributed by atoms with van der Waals surface area (Å²) >= 11 is 6.38. The van der Waals surface area contributed by atoms with E-state index in [1.165, 1.54) is 0 Å². The van der Waals surface area contributed by atoms with Crippen LogP contribution in [0, 0.1) is 0 Å². The van der Waals surface area contributed by atoms with Gasteiger partial charge in [0.15, 0.2) is 0 Å². The first kappa shape index (κ1) is 24.8. The molecule has 0 aliphatic heterocycles. The molecule has 0 spiro atoms. The van der Waals surface area contributed by atoms with Gasteiger partial charge in [0, 0.05) is 36.2 Å². The predicted molar refractivity (Wildman–Crippen MR) is 137 cm³/mol. The Morgan fingerprint density at radius 3 is 2.66 bits per heavy atom. The fourth-order valence-corrected chi connectivity index (χ4v) is 4.22. The minimum atomic E-state index is -0.495. The molecule has 2 heterocycles. The molecule has 0 aliphatic rings. The molecular weight excluding hydrogens is 466 g/mol. The molecule has 8 heteroatoms. The van der Waals surface area contributed by atoms with Crippen LogP contribution in [0.3, 0.4) is 0 Å². The van der Waals surface area contributed by atoms with Gasteiger partial charge in [0.1, 0.15) is 11.4 Å². The molecule has 0 unspecified atom stereocenters. The van der Waals surface area contributed by atoms with Crippen molar-refractivity contribution < 1.29 is 18.8 Å². The number of para-hydroxylation sites is 1. The highest BCUT2D eigenvalue weighted by Gasteiger charge is 2.20. The minimum Gasteiger partial charge on any atom is -0.489 e. The van der Waals surface area contributed by atoms with Gasteiger partial charge in [-0.2, -0.15) is 4.98 Å². The standard InChI is InChI=1S/C27H30ClN3O4/c1-16(2)33-22-12-10-17(14-21(22)28)26-29-25(30-35-26)20-9-7-8-19-18(15-31(6)24(19)20)11-13-23(32)34-27(3,4)5/h7-10,12,14-16H,11,13H2,1-6H3. The number of nitrogens with zero attached hydrogens (tertiary/aromatic N) is 3. The highest BCUT2D eigenvalue weighted by Crippen LogP contribution is 2.34. The number of hydrogen-bond donors (Lipinski definition) is 0. The third kappa shape index (κ3) is 5.68. The van der Waals surface area contributed by atoms with Crippen LogP contribution < -0.4 is 4.74 Å². The number of rotatable bonds is 7. The molecule has 2 aromatic carbocycles. The number of carbonyl (C=O) groups excluding carboxylic acids is 1. The van der Waals surface area contributed by atoms with E-state index in [9.17, 15) is 4.79 Å². The second-order valence-corrected chi connectivity index (χ2v) is 10.2. The van der Waals surface area contributed by atoms with E-state index >= 15 is 0 Å². The lowest BCUT2D eigenvalue weighted by molar-refractivity contribution is -0.154. The predicted octanol–water partition coefficient (Wildman–Crippen LogP) is 6.61. The first-order valence-corrected chi connectivity index (χ1v) is 12.0. The van der Waals surface area contributed by atoms with Gasteiger partial charge in [0.05, 0.1) is 16.6 Å². The smallest absolute Gasteiger partial charge is 0.306 e. The van der Waals surface area contributed by atoms with Gasteiger partial charge in [0.2, 0.25) is 5.82 Å². The third-order valence-electron chi connectivity index (χ3n) is 5.31. The molecule has 4 aromatic rings. The van der Waals surface area contributed by atoms with E-state index in [1.54, 1.807) is 12.1 Å². The van der Waals surface area contributed by atoms with Crippen molar-refractivity contribution in [2.75, 3.05) is 0 Å². The molecule has 7 nitrogen and oxygen atoms in total. The van der Waals surface area contributed by atoms with Crippen LogP contribution in [-0.2, 0) is 23.0 Å². The Balaban J connectivity index is 1.61. The molecule has 0 bridgehead atoms. The zero-order valence-corrected chi connectivity index (χ0v) is 21.6. The first-order chi connectivity index (χ1) is 16.5. The summed E-state index contributed by atoms with van der Waals surface area (Å²) in [6.07, 6.45) is 2.95. The SMILES string of the molecule is CC(C)Oc1ccc(-c2nc(-c3cccc4c(CCC(=O)OC(C)(C)C)cn(C)c34)no2)cc1Cl. The van der Waals surface area contributed by atoms with Crippen LogP contribution in [-0.4, -0.2) is 32.4 Å². The van der Waals surface area contributed by atoms with Crippen LogP contribution in [0.2, 0.25) is 5.02 Å². The van der Waals surface area contributed by atoms with Gasteiger partial charge < -0.3 is 18.6 Å². The normalized spacial score (nSPS) is 11.9. The maximum Gasteiger partial charge on any atom is 0.306 e. The molecule has 0 amide bonds. The van der Waals surface area contributed by atoms with Gasteiger partial charge >= 0.3 is 5.97 Å². The lowest BCUT2D eigenvalue weighted by atomic mass is 10.1. The highest BCUT2D eigenvalue weighted by atomic mass is 35.5. The van der Waals surface area contributed by atoms with Gasteiger partial charge in [0.25, 0.3) is 5.89 Å². The number of halogens is 1. The van der Waals surface area contributed by atoms with E-state index in [2.05, 4.69) is 10.1 Å². The van der Waals surface area contributed by atoms with Crippen LogP contribution in [0.15, 0.2) is 47.1 Å². The summed E-state index contributed by atoms with van der Waals surface area (Å²) in [5.41, 5.74) is 3.09. The second kappa shape index (κ2) is 9.74. The summed E-state index contributed by atoms with van der Waals surface area (Å²) in [6.45, 7) is 9.51. The Hall–Kier alpha value is -3.32. The topological polar surface area (TPSA) is 79.4 Å². The van der Waals surface area contributed by atoms with Crippen LogP contribution in [0.5, 0.6) is 5.75 Å². The fourth-order valence-electron chi connectivity index (χ4n) is 3.99. The molecular formula is C27H30ClN3O4. The number of esters is 1. The molecule has 0 saturated carbocycles. The second-order valence-electron chi connectivity index (χ2n) is 9.79. The van der Waals surface area contributed by atoms with Gasteiger partial charge in [-0.15, -0.1) is 0 Å². The van der Waals surface area contributed by atoms with Crippen molar-refractivity contribution in [1.29, 1.82) is 0 Å². The minimum absolute atomic E-state index is 0.0214. The zero-order chi connectivity index (χ0) is 25.3. The molecule has 0 radical (unpaired) electrons. The van der Waals surface area contributed by atoms with Crippen LogP contribution >= 0.6 is 11.6 Å². The number of carbonyl (C=O) groups is 1. The Bertz CT molecular complexity index is 1360. The summed E-state index contributed by atoms with van der Waals surface area (Å²) in [7, 11) is 1.97. The molecule has 35 heavy (non-hydrogen) atoms. The average molecular weight is 496 g/mol. The zero-order valence-electron chi connectivity index (χ0n) is 20.9. The summed E-state index contributed by atoms with van der Waals surface area (Å²) in [4.78, 5) is 16.9. The molecule has 0 aliphatic carbocycles. The van der Waals surface area contributed by atoms with Crippen molar-refractivity contribution in [3.05, 3.63) is 53.2 Å². The molecule has 184 valence electrons. The monoisotopic (exact) mass is 495 g/mol. The van der Waals surface area contributed by atoms with E-state index in [0.717, 1.165) is 22.0 Å². The Labute approximate surface area is 210 Å². The largest absolute Gasteiger partial charge is 0.489 e. The first-order valence-electron chi connectivity index (χ1n) is 11.6. The summed E-state index contributed by atoms with van der Waals surface area (Å²) in [6, 6.07) is 11.4. The highest BCUT2D eigenvalue weighted by molar-refractivity contribution is 6.32. The molecule has 0 saturated heterocycles. The van der Waals surface area contributed by atoms with Crippen molar-refractivity contribution in [3.63, 3.8) is 0 Å². The van der Waals surface area contributed by atoms with E-state index in [4.69, 9.17) is 25.6 Å². The van der Waals surface area contributed by atoms with E-state index in [-0.39, 0.29) is 12.1 Å². The van der Waals surface area contributed by atoms with Crippen LogP contribution in [0.1, 0.15) is 46.6 Å². The third-order valence-corrected chi connectivity index (χ3v) is 5.61. The van der Waals surface area contributed by atoms with Gasteiger partial charge in [-0.1, -0.05) is 28.9 Å². The average Bonchev–Trinajstić information content (AvgIpc) is 3.37. The van der Waals surface area contributed by atoms with E-state index < -0.39 is 5.60 Å². The number of benzene rings is 2. The lowest BCUT2D eigenvalue weighted by Crippen LogP contribution is -2.23. The van der Waals surface area contributed by atoms with Crippen molar-refractivity contribution in [1.82, 2.24) is 14.7 Å². The number of fused-ring (bicyclic) bond motifs is 1. The Kier molecular flexibility index (Phi) is 6.90. The van der Waals surface area contributed by atoms with Crippen molar-refractivity contribution in [3.8, 4) is 28.6 Å². The maximum atomic E-state index is 12.2. The van der Waals surface area contributed by atoms with Crippen LogP contribution in [0.25, 0.3) is 33.7 Å². The summed E-state index contributed by atoms with van der Waals surface area (Å²) in [5.74, 6) is 1.24.